The van der Waals surface area contributed by atoms with Crippen LogP contribution in [-0.2, 0) is 0 Å². The lowest BCUT2D eigenvalue weighted by atomic mass is 10.2. The van der Waals surface area contributed by atoms with E-state index in [1.54, 1.807) is 0 Å². The molecule has 0 bridgehead atoms. The lowest BCUT2D eigenvalue weighted by Crippen LogP contribution is -2.06. The fourth-order valence-electron chi connectivity index (χ4n) is 2.63. The zero-order chi connectivity index (χ0) is 20.1. The van der Waals surface area contributed by atoms with E-state index in [1.807, 2.05) is 64.1 Å². The predicted octanol–water partition coefficient (Wildman–Crippen LogP) is 5.59. The maximum absolute atomic E-state index is 5.78. The van der Waals surface area contributed by atoms with E-state index in [2.05, 4.69) is 32.7 Å². The van der Waals surface area contributed by atoms with E-state index in [9.17, 15) is 0 Å². The summed E-state index contributed by atoms with van der Waals surface area (Å²) in [6.45, 7) is 8.99. The monoisotopic (exact) mass is 494 g/mol. The highest BCUT2D eigenvalue weighted by atomic mass is 127. The third kappa shape index (κ3) is 4.76. The highest BCUT2D eigenvalue weighted by Crippen LogP contribution is 2.33. The van der Waals surface area contributed by atoms with Gasteiger partial charge >= 0.3 is 0 Å². The van der Waals surface area contributed by atoms with Crippen molar-refractivity contribution in [3.8, 4) is 40.1 Å². The highest BCUT2D eigenvalue weighted by Gasteiger charge is 2.15. The second kappa shape index (κ2) is 9.27. The van der Waals surface area contributed by atoms with Crippen molar-refractivity contribution in [2.75, 3.05) is 13.2 Å². The van der Waals surface area contributed by atoms with Crippen LogP contribution in [-0.4, -0.2) is 29.5 Å². The first kappa shape index (κ1) is 20.4. The zero-order valence-electron chi connectivity index (χ0n) is 16.4. The van der Waals surface area contributed by atoms with Gasteiger partial charge in [0.2, 0.25) is 5.82 Å². The van der Waals surface area contributed by atoms with Crippen LogP contribution < -0.4 is 14.2 Å². The first-order valence-electron chi connectivity index (χ1n) is 9.22. The first-order chi connectivity index (χ1) is 13.5. The first-order valence-corrected chi connectivity index (χ1v) is 10.3. The van der Waals surface area contributed by atoms with Crippen molar-refractivity contribution in [2.45, 2.75) is 33.8 Å². The van der Waals surface area contributed by atoms with Gasteiger partial charge in [0, 0.05) is 11.1 Å². The van der Waals surface area contributed by atoms with Gasteiger partial charge in [-0.2, -0.15) is 4.98 Å². The standard InChI is InChI=1S/C21H23IN2O4/c1-5-25-18-10-8-15(12-19(18)26-6-2)21-23-20(24-28-21)14-7-9-17(16(22)11-14)27-13(3)4/h7-13H,5-6H2,1-4H3. The second-order valence-corrected chi connectivity index (χ2v) is 7.42. The summed E-state index contributed by atoms with van der Waals surface area (Å²) in [5.41, 5.74) is 1.64. The Balaban J connectivity index is 1.88. The fourth-order valence-corrected chi connectivity index (χ4v) is 3.27. The van der Waals surface area contributed by atoms with Gasteiger partial charge in [0.25, 0.3) is 5.89 Å². The molecule has 0 amide bonds. The predicted molar refractivity (Wildman–Crippen MR) is 116 cm³/mol. The van der Waals surface area contributed by atoms with Crippen LogP contribution >= 0.6 is 22.6 Å². The quantitative estimate of drug-likeness (QED) is 0.381. The molecule has 0 fully saturated rings. The molecule has 0 aliphatic rings. The molecule has 0 unspecified atom stereocenters. The van der Waals surface area contributed by atoms with Crippen molar-refractivity contribution < 1.29 is 18.7 Å². The molecule has 2 aromatic carbocycles. The summed E-state index contributed by atoms with van der Waals surface area (Å²) in [4.78, 5) is 4.54. The van der Waals surface area contributed by atoms with Crippen LogP contribution in [0.3, 0.4) is 0 Å². The number of hydrogen-bond donors (Lipinski definition) is 0. The SMILES string of the molecule is CCOc1ccc(-c2nc(-c3ccc(OC(C)C)c(I)c3)no2)cc1OCC. The average molecular weight is 494 g/mol. The topological polar surface area (TPSA) is 66.6 Å². The van der Waals surface area contributed by atoms with Gasteiger partial charge in [0.15, 0.2) is 11.5 Å². The molecule has 3 rings (SSSR count). The van der Waals surface area contributed by atoms with Crippen LogP contribution in [0.5, 0.6) is 17.2 Å². The van der Waals surface area contributed by atoms with Crippen LogP contribution in [0.2, 0.25) is 0 Å². The largest absolute Gasteiger partial charge is 0.490 e. The molecule has 0 atom stereocenters. The third-order valence-corrected chi connectivity index (χ3v) is 4.61. The Bertz CT molecular complexity index is 940. The van der Waals surface area contributed by atoms with E-state index in [-0.39, 0.29) is 6.10 Å². The Morgan fingerprint density at radius 2 is 1.61 bits per heavy atom. The van der Waals surface area contributed by atoms with Crippen LogP contribution in [0.15, 0.2) is 40.9 Å². The van der Waals surface area contributed by atoms with Crippen molar-refractivity contribution in [1.29, 1.82) is 0 Å². The summed E-state index contributed by atoms with van der Waals surface area (Å²) in [6.07, 6.45) is 0.121. The van der Waals surface area contributed by atoms with Gasteiger partial charge in [-0.15, -0.1) is 0 Å². The van der Waals surface area contributed by atoms with Crippen LogP contribution in [0.4, 0.5) is 0 Å². The van der Waals surface area contributed by atoms with Crippen LogP contribution in [0.25, 0.3) is 22.8 Å². The van der Waals surface area contributed by atoms with Gasteiger partial charge < -0.3 is 18.7 Å². The summed E-state index contributed by atoms with van der Waals surface area (Å²) in [5, 5.41) is 4.13. The smallest absolute Gasteiger partial charge is 0.258 e. The van der Waals surface area contributed by atoms with E-state index in [1.165, 1.54) is 0 Å². The maximum atomic E-state index is 5.78. The molecule has 0 spiro atoms. The number of ether oxygens (including phenoxy) is 3. The minimum absolute atomic E-state index is 0.121. The van der Waals surface area contributed by atoms with E-state index in [0.717, 1.165) is 20.4 Å². The van der Waals surface area contributed by atoms with Gasteiger partial charge in [0.05, 0.1) is 22.9 Å². The normalized spacial score (nSPS) is 10.9. The van der Waals surface area contributed by atoms with Gasteiger partial charge in [-0.1, -0.05) is 5.16 Å². The van der Waals surface area contributed by atoms with Crippen molar-refractivity contribution in [3.05, 3.63) is 40.0 Å². The van der Waals surface area contributed by atoms with Crippen molar-refractivity contribution in [2.24, 2.45) is 0 Å². The van der Waals surface area contributed by atoms with Gasteiger partial charge in [-0.3, -0.25) is 0 Å². The van der Waals surface area contributed by atoms with Gasteiger partial charge in [-0.05, 0) is 86.7 Å². The fraction of sp³-hybridized carbons (Fsp3) is 0.333. The average Bonchev–Trinajstić information content (AvgIpc) is 3.15. The molecule has 3 aromatic rings. The molecule has 0 aliphatic heterocycles. The van der Waals surface area contributed by atoms with E-state index in [0.29, 0.717) is 36.4 Å². The highest BCUT2D eigenvalue weighted by molar-refractivity contribution is 14.1. The van der Waals surface area contributed by atoms with Crippen molar-refractivity contribution >= 4 is 22.6 Å². The lowest BCUT2D eigenvalue weighted by molar-refractivity contribution is 0.240. The van der Waals surface area contributed by atoms with E-state index < -0.39 is 0 Å². The zero-order valence-corrected chi connectivity index (χ0v) is 18.5. The molecule has 0 saturated carbocycles. The molecule has 1 aromatic heterocycles. The minimum atomic E-state index is 0.121. The summed E-state index contributed by atoms with van der Waals surface area (Å²) in [5.74, 6) is 3.15. The summed E-state index contributed by atoms with van der Waals surface area (Å²) in [7, 11) is 0. The summed E-state index contributed by atoms with van der Waals surface area (Å²) < 4.78 is 23.5. The number of nitrogens with zero attached hydrogens (tertiary/aromatic N) is 2. The van der Waals surface area contributed by atoms with Crippen molar-refractivity contribution in [3.63, 3.8) is 0 Å². The molecule has 1 heterocycles. The molecule has 0 N–H and O–H groups in total. The number of halogens is 1. The molecule has 148 valence electrons. The Morgan fingerprint density at radius 1 is 0.929 bits per heavy atom. The molecule has 0 aliphatic carbocycles. The number of rotatable bonds is 8. The Hall–Kier alpha value is -2.29. The second-order valence-electron chi connectivity index (χ2n) is 6.26. The van der Waals surface area contributed by atoms with Gasteiger partial charge in [0.1, 0.15) is 5.75 Å². The Kier molecular flexibility index (Phi) is 6.77. The molecular formula is C21H23IN2O4. The molecule has 7 heteroatoms. The van der Waals surface area contributed by atoms with Gasteiger partial charge in [-0.25, -0.2) is 0 Å². The Labute approximate surface area is 178 Å². The number of aromatic nitrogens is 2. The summed E-state index contributed by atoms with van der Waals surface area (Å²) >= 11 is 2.25. The summed E-state index contributed by atoms with van der Waals surface area (Å²) in [6, 6.07) is 11.4. The van der Waals surface area contributed by atoms with E-state index >= 15 is 0 Å². The van der Waals surface area contributed by atoms with Crippen LogP contribution in [0, 0.1) is 3.57 Å². The minimum Gasteiger partial charge on any atom is -0.490 e. The number of hydrogen-bond acceptors (Lipinski definition) is 6. The third-order valence-electron chi connectivity index (χ3n) is 3.77. The van der Waals surface area contributed by atoms with Crippen LogP contribution in [0.1, 0.15) is 27.7 Å². The molecule has 0 saturated heterocycles. The van der Waals surface area contributed by atoms with E-state index in [4.69, 9.17) is 18.7 Å². The molecular weight excluding hydrogens is 471 g/mol. The number of benzene rings is 2. The van der Waals surface area contributed by atoms with Crippen molar-refractivity contribution in [1.82, 2.24) is 10.1 Å². The molecule has 0 radical (unpaired) electrons. The maximum Gasteiger partial charge on any atom is 0.258 e. The molecule has 6 nitrogen and oxygen atoms in total. The lowest BCUT2D eigenvalue weighted by Gasteiger charge is -2.11. The molecule has 28 heavy (non-hydrogen) atoms. The Morgan fingerprint density at radius 3 is 2.29 bits per heavy atom.